The van der Waals surface area contributed by atoms with Crippen LogP contribution >= 0.6 is 0 Å². The Bertz CT molecular complexity index is 469. The average Bonchev–Trinajstić information content (AvgIpc) is 2.16. The van der Waals surface area contributed by atoms with Gasteiger partial charge in [0.05, 0.1) is 0 Å². The van der Waals surface area contributed by atoms with Crippen molar-refractivity contribution >= 4 is 12.1 Å². The zero-order valence-electron chi connectivity index (χ0n) is 7.07. The molecule has 0 fully saturated rings. The molecular formula is C7H4F2N2O4. The number of rotatable bonds is 3. The fourth-order valence-corrected chi connectivity index (χ4v) is 0.993. The normalized spacial score (nSPS) is 10.3. The van der Waals surface area contributed by atoms with E-state index in [1.165, 1.54) is 0 Å². The van der Waals surface area contributed by atoms with Crippen molar-refractivity contribution in [2.24, 2.45) is 0 Å². The first-order valence-corrected chi connectivity index (χ1v) is 3.62. The molecule has 1 rings (SSSR count). The van der Waals surface area contributed by atoms with Gasteiger partial charge in [-0.15, -0.1) is 0 Å². The molecule has 0 saturated carbocycles. The predicted octanol–water partition coefficient (Wildman–Crippen LogP) is 1.03. The summed E-state index contributed by atoms with van der Waals surface area (Å²) in [6, 6.07) is 0. The number of aldehydes is 1. The molecular weight excluding hydrogens is 214 g/mol. The van der Waals surface area contributed by atoms with Crippen LogP contribution < -0.4 is 5.43 Å². The molecule has 80 valence electrons. The van der Waals surface area contributed by atoms with Crippen molar-refractivity contribution in [3.05, 3.63) is 37.7 Å². The molecule has 8 heteroatoms. The molecule has 0 unspecified atom stereocenters. The highest BCUT2D eigenvalue weighted by atomic mass is 19.3. The van der Waals surface area contributed by atoms with Gasteiger partial charge in [0.15, 0.2) is 11.8 Å². The molecule has 0 aromatic carbocycles. The maximum absolute atomic E-state index is 12.3. The third kappa shape index (κ3) is 1.87. The fourth-order valence-electron chi connectivity index (χ4n) is 0.993. The molecule has 1 N–H and O–H groups in total. The number of halogens is 2. The monoisotopic (exact) mass is 218 g/mol. The number of carbonyl (C=O) groups is 1. The number of alkyl halides is 2. The molecule has 0 aliphatic rings. The summed E-state index contributed by atoms with van der Waals surface area (Å²) >= 11 is 0. The Morgan fingerprint density at radius 3 is 2.53 bits per heavy atom. The Kier molecular flexibility index (Phi) is 2.88. The second-order valence-corrected chi connectivity index (χ2v) is 2.51. The number of H-pyrrole nitrogens is 1. The predicted molar refractivity (Wildman–Crippen MR) is 44.1 cm³/mol. The summed E-state index contributed by atoms with van der Waals surface area (Å²) in [5.74, 6) is -1.10. The first-order chi connectivity index (χ1) is 6.99. The van der Waals surface area contributed by atoms with Gasteiger partial charge >= 0.3 is 5.82 Å². The molecule has 1 aromatic heterocycles. The van der Waals surface area contributed by atoms with Crippen molar-refractivity contribution < 1.29 is 18.5 Å². The lowest BCUT2D eigenvalue weighted by atomic mass is 10.2. The summed E-state index contributed by atoms with van der Waals surface area (Å²) in [6.45, 7) is 0. The SMILES string of the molecule is O=Cc1c[nH]c([N+](=O)[O-])c(C(F)F)c1=O. The number of nitrogens with one attached hydrogen (secondary N) is 1. The molecule has 0 spiro atoms. The number of aromatic amines is 1. The van der Waals surface area contributed by atoms with Crippen molar-refractivity contribution in [2.45, 2.75) is 6.43 Å². The molecule has 6 nitrogen and oxygen atoms in total. The second kappa shape index (κ2) is 3.95. The third-order valence-corrected chi connectivity index (χ3v) is 1.65. The summed E-state index contributed by atoms with van der Waals surface area (Å²) in [5, 5.41) is 10.3. The molecule has 0 radical (unpaired) electrons. The summed E-state index contributed by atoms with van der Waals surface area (Å²) < 4.78 is 24.6. The van der Waals surface area contributed by atoms with E-state index in [2.05, 4.69) is 0 Å². The van der Waals surface area contributed by atoms with Crippen molar-refractivity contribution in [2.75, 3.05) is 0 Å². The summed E-state index contributed by atoms with van der Waals surface area (Å²) in [5.41, 5.74) is -3.20. The van der Waals surface area contributed by atoms with Crippen LogP contribution in [0.3, 0.4) is 0 Å². The zero-order valence-corrected chi connectivity index (χ0v) is 7.07. The van der Waals surface area contributed by atoms with Crippen molar-refractivity contribution in [1.82, 2.24) is 4.98 Å². The lowest BCUT2D eigenvalue weighted by molar-refractivity contribution is -0.391. The highest BCUT2D eigenvalue weighted by Gasteiger charge is 2.26. The van der Waals surface area contributed by atoms with Crippen LogP contribution in [-0.4, -0.2) is 16.2 Å². The lowest BCUT2D eigenvalue weighted by Gasteiger charge is -2.01. The number of carbonyl (C=O) groups excluding carboxylic acids is 1. The Labute approximate surface area is 80.7 Å². The molecule has 15 heavy (non-hydrogen) atoms. The standard InChI is InChI=1S/C7H4F2N2O4/c8-6(9)4-5(13)3(2-12)1-10-7(4)11(14)15/h1-2,6H,(H,10,13). The highest BCUT2D eigenvalue weighted by Crippen LogP contribution is 2.23. The number of hydrogen-bond donors (Lipinski definition) is 1. The van der Waals surface area contributed by atoms with E-state index in [0.29, 0.717) is 0 Å². The van der Waals surface area contributed by atoms with Gasteiger partial charge < -0.3 is 10.1 Å². The van der Waals surface area contributed by atoms with E-state index in [9.17, 15) is 28.5 Å². The Hall–Kier alpha value is -2.12. The molecule has 1 heterocycles. The maximum atomic E-state index is 12.3. The second-order valence-electron chi connectivity index (χ2n) is 2.51. The van der Waals surface area contributed by atoms with Gasteiger partial charge in [0.25, 0.3) is 6.43 Å². The smallest absolute Gasteiger partial charge is 0.333 e. The molecule has 0 aliphatic carbocycles. The molecule has 1 aromatic rings. The minimum Gasteiger partial charge on any atom is -0.358 e. The summed E-state index contributed by atoms with van der Waals surface area (Å²) in [7, 11) is 0. The topological polar surface area (TPSA) is 93.1 Å². The summed E-state index contributed by atoms with van der Waals surface area (Å²) in [4.78, 5) is 32.4. The molecule has 0 saturated heterocycles. The lowest BCUT2D eigenvalue weighted by Crippen LogP contribution is -2.17. The van der Waals surface area contributed by atoms with Crippen LogP contribution in [0.2, 0.25) is 0 Å². The van der Waals surface area contributed by atoms with Crippen molar-refractivity contribution in [3.63, 3.8) is 0 Å². The van der Waals surface area contributed by atoms with Gasteiger partial charge in [0.2, 0.25) is 5.43 Å². The third-order valence-electron chi connectivity index (χ3n) is 1.65. The van der Waals surface area contributed by atoms with E-state index < -0.39 is 33.7 Å². The number of pyridine rings is 1. The number of nitro groups is 1. The highest BCUT2D eigenvalue weighted by molar-refractivity contribution is 5.74. The van der Waals surface area contributed by atoms with Gasteiger partial charge in [0, 0.05) is 0 Å². The molecule has 0 amide bonds. The quantitative estimate of drug-likeness (QED) is 0.465. The van der Waals surface area contributed by atoms with Crippen LogP contribution in [0, 0.1) is 10.1 Å². The zero-order chi connectivity index (χ0) is 11.6. The molecule has 0 bridgehead atoms. The minimum atomic E-state index is -3.31. The molecule has 0 aliphatic heterocycles. The largest absolute Gasteiger partial charge is 0.358 e. The van der Waals surface area contributed by atoms with E-state index in [0.717, 1.165) is 6.20 Å². The minimum absolute atomic E-state index is 0.0500. The van der Waals surface area contributed by atoms with Gasteiger partial charge in [-0.25, -0.2) is 13.8 Å². The Morgan fingerprint density at radius 2 is 2.13 bits per heavy atom. The first-order valence-electron chi connectivity index (χ1n) is 3.62. The fraction of sp³-hybridized carbons (Fsp3) is 0.143. The first kappa shape index (κ1) is 11.0. The summed E-state index contributed by atoms with van der Waals surface area (Å²) in [6.07, 6.45) is -2.54. The van der Waals surface area contributed by atoms with Crippen molar-refractivity contribution in [1.29, 1.82) is 0 Å². The van der Waals surface area contributed by atoms with E-state index in [1.54, 1.807) is 0 Å². The van der Waals surface area contributed by atoms with Crippen LogP contribution in [0.1, 0.15) is 22.3 Å². The Balaban J connectivity index is 3.59. The van der Waals surface area contributed by atoms with Gasteiger partial charge in [-0.3, -0.25) is 9.59 Å². The molecule has 0 atom stereocenters. The van der Waals surface area contributed by atoms with Gasteiger partial charge in [-0.1, -0.05) is 0 Å². The van der Waals surface area contributed by atoms with Crippen LogP contribution in [0.15, 0.2) is 11.0 Å². The number of nitrogens with zero attached hydrogens (tertiary/aromatic N) is 1. The van der Waals surface area contributed by atoms with E-state index in [-0.39, 0.29) is 6.29 Å². The van der Waals surface area contributed by atoms with Crippen LogP contribution in [0.4, 0.5) is 14.6 Å². The number of hydrogen-bond acceptors (Lipinski definition) is 4. The van der Waals surface area contributed by atoms with E-state index in [4.69, 9.17) is 0 Å². The van der Waals surface area contributed by atoms with Gasteiger partial charge in [-0.05, 0) is 4.92 Å². The van der Waals surface area contributed by atoms with Gasteiger partial charge in [-0.2, -0.15) is 0 Å². The van der Waals surface area contributed by atoms with Gasteiger partial charge in [0.1, 0.15) is 11.8 Å². The maximum Gasteiger partial charge on any atom is 0.333 e. The van der Waals surface area contributed by atoms with Crippen LogP contribution in [0.25, 0.3) is 0 Å². The van der Waals surface area contributed by atoms with Crippen molar-refractivity contribution in [3.8, 4) is 0 Å². The average molecular weight is 218 g/mol. The Morgan fingerprint density at radius 1 is 1.53 bits per heavy atom. The van der Waals surface area contributed by atoms with E-state index in [1.807, 2.05) is 4.98 Å². The van der Waals surface area contributed by atoms with Crippen LogP contribution in [0.5, 0.6) is 0 Å². The van der Waals surface area contributed by atoms with Crippen LogP contribution in [-0.2, 0) is 0 Å². The number of aromatic nitrogens is 1. The van der Waals surface area contributed by atoms with E-state index >= 15 is 0 Å².